The zero-order valence-electron chi connectivity index (χ0n) is 17.9. The van der Waals surface area contributed by atoms with E-state index in [1.807, 2.05) is 20.8 Å². The molecule has 0 bridgehead atoms. The van der Waals surface area contributed by atoms with Gasteiger partial charge in [0.1, 0.15) is 0 Å². The number of halogens is 3. The van der Waals surface area contributed by atoms with Crippen LogP contribution in [-0.2, 0) is 18.6 Å². The number of nitrogens with zero attached hydrogens (tertiary/aromatic N) is 2. The second-order valence-electron chi connectivity index (χ2n) is 8.69. The van der Waals surface area contributed by atoms with Crippen molar-refractivity contribution in [3.8, 4) is 11.3 Å². The number of urea groups is 1. The van der Waals surface area contributed by atoms with E-state index in [1.54, 1.807) is 29.9 Å². The predicted octanol–water partition coefficient (Wildman–Crippen LogP) is 5.59. The highest BCUT2D eigenvalue weighted by atomic mass is 19.4. The number of ketones is 1. The van der Waals surface area contributed by atoms with Crippen LogP contribution in [0.15, 0.2) is 42.5 Å². The van der Waals surface area contributed by atoms with Crippen molar-refractivity contribution < 1.29 is 22.8 Å². The van der Waals surface area contributed by atoms with Crippen molar-refractivity contribution in [1.29, 1.82) is 0 Å². The van der Waals surface area contributed by atoms with Crippen molar-refractivity contribution >= 4 is 23.2 Å². The van der Waals surface area contributed by atoms with E-state index in [-0.39, 0.29) is 16.9 Å². The Hall–Kier alpha value is -3.62. The Morgan fingerprint density at radius 1 is 0.969 bits per heavy atom. The highest BCUT2D eigenvalue weighted by Crippen LogP contribution is 2.42. The number of aromatic nitrogens is 2. The van der Waals surface area contributed by atoms with E-state index < -0.39 is 17.8 Å². The van der Waals surface area contributed by atoms with Gasteiger partial charge in [0.25, 0.3) is 0 Å². The number of alkyl halides is 3. The first kappa shape index (κ1) is 21.6. The third-order valence-corrected chi connectivity index (χ3v) is 5.21. The highest BCUT2D eigenvalue weighted by molar-refractivity contribution is 6.22. The monoisotopic (exact) mass is 442 g/mol. The van der Waals surface area contributed by atoms with Crippen molar-refractivity contribution in [3.05, 3.63) is 64.8 Å². The Morgan fingerprint density at radius 2 is 1.62 bits per heavy atom. The Labute approximate surface area is 182 Å². The van der Waals surface area contributed by atoms with E-state index in [0.717, 1.165) is 23.4 Å². The van der Waals surface area contributed by atoms with E-state index in [4.69, 9.17) is 0 Å². The molecule has 1 aliphatic rings. The van der Waals surface area contributed by atoms with Crippen LogP contribution in [0.5, 0.6) is 0 Å². The van der Waals surface area contributed by atoms with Crippen LogP contribution in [-0.4, -0.2) is 21.6 Å². The third kappa shape index (κ3) is 3.74. The molecule has 166 valence electrons. The molecule has 0 radical (unpaired) electrons. The number of carbonyl (C=O) groups excluding carboxylic acids is 2. The first-order chi connectivity index (χ1) is 14.9. The quantitative estimate of drug-likeness (QED) is 0.425. The van der Waals surface area contributed by atoms with Crippen LogP contribution in [0.3, 0.4) is 0 Å². The van der Waals surface area contributed by atoms with Gasteiger partial charge in [0.05, 0.1) is 22.5 Å². The molecule has 2 N–H and O–H groups in total. The van der Waals surface area contributed by atoms with Crippen LogP contribution in [0.1, 0.15) is 48.0 Å². The molecule has 6 nitrogen and oxygen atoms in total. The summed E-state index contributed by atoms with van der Waals surface area (Å²) in [5.41, 5.74) is 2.31. The summed E-state index contributed by atoms with van der Waals surface area (Å²) < 4.78 is 40.3. The van der Waals surface area contributed by atoms with Crippen molar-refractivity contribution in [2.24, 2.45) is 7.05 Å². The number of aryl methyl sites for hydroxylation is 1. The van der Waals surface area contributed by atoms with Crippen LogP contribution >= 0.6 is 0 Å². The van der Waals surface area contributed by atoms with Gasteiger partial charge in [-0.1, -0.05) is 26.8 Å². The Balaban J connectivity index is 1.57. The Bertz CT molecular complexity index is 1250. The number of fused-ring (bicyclic) bond motifs is 3. The molecule has 0 unspecified atom stereocenters. The van der Waals surface area contributed by atoms with E-state index in [2.05, 4.69) is 15.7 Å². The molecule has 1 heterocycles. The van der Waals surface area contributed by atoms with Gasteiger partial charge in [0, 0.05) is 35.0 Å². The summed E-state index contributed by atoms with van der Waals surface area (Å²) in [4.78, 5) is 25.5. The van der Waals surface area contributed by atoms with E-state index in [0.29, 0.717) is 22.5 Å². The lowest BCUT2D eigenvalue weighted by molar-refractivity contribution is -0.137. The number of anilines is 2. The summed E-state index contributed by atoms with van der Waals surface area (Å²) in [5, 5.41) is 9.49. The molecule has 0 saturated carbocycles. The molecule has 0 aliphatic heterocycles. The lowest BCUT2D eigenvalue weighted by Gasteiger charge is -2.16. The van der Waals surface area contributed by atoms with Gasteiger partial charge in [-0.05, 0) is 36.4 Å². The first-order valence-corrected chi connectivity index (χ1v) is 9.88. The molecular weight excluding hydrogens is 421 g/mol. The maximum atomic E-state index is 13.1. The molecule has 3 aromatic rings. The van der Waals surface area contributed by atoms with Gasteiger partial charge in [-0.2, -0.15) is 18.3 Å². The zero-order chi connectivity index (χ0) is 23.4. The second kappa shape index (κ2) is 7.22. The van der Waals surface area contributed by atoms with E-state index >= 15 is 0 Å². The zero-order valence-corrected chi connectivity index (χ0v) is 17.9. The fourth-order valence-corrected chi connectivity index (χ4v) is 3.79. The number of rotatable bonds is 2. The minimum atomic E-state index is -4.51. The number of benzene rings is 2. The van der Waals surface area contributed by atoms with Crippen LogP contribution in [0.4, 0.5) is 29.3 Å². The second-order valence-corrected chi connectivity index (χ2v) is 8.69. The Morgan fingerprint density at radius 3 is 2.25 bits per heavy atom. The fourth-order valence-electron chi connectivity index (χ4n) is 3.79. The van der Waals surface area contributed by atoms with Crippen LogP contribution in [0.2, 0.25) is 0 Å². The first-order valence-electron chi connectivity index (χ1n) is 9.88. The highest BCUT2D eigenvalue weighted by Gasteiger charge is 2.37. The number of amides is 2. The van der Waals surface area contributed by atoms with Crippen molar-refractivity contribution in [3.63, 3.8) is 0 Å². The van der Waals surface area contributed by atoms with E-state index in [1.165, 1.54) is 12.1 Å². The van der Waals surface area contributed by atoms with Gasteiger partial charge in [0.2, 0.25) is 0 Å². The van der Waals surface area contributed by atoms with Gasteiger partial charge in [-0.25, -0.2) is 4.79 Å². The summed E-state index contributed by atoms with van der Waals surface area (Å²) in [5.74, 6) is -0.171. The molecule has 32 heavy (non-hydrogen) atoms. The lowest BCUT2D eigenvalue weighted by Crippen LogP contribution is -2.20. The topological polar surface area (TPSA) is 76.0 Å². The van der Waals surface area contributed by atoms with Crippen molar-refractivity contribution in [2.75, 3.05) is 10.6 Å². The summed E-state index contributed by atoms with van der Waals surface area (Å²) in [6.45, 7) is 5.95. The molecule has 2 amide bonds. The average molecular weight is 442 g/mol. The number of hydrogen-bond donors (Lipinski definition) is 2. The predicted molar refractivity (Wildman–Crippen MR) is 115 cm³/mol. The van der Waals surface area contributed by atoms with Gasteiger partial charge >= 0.3 is 12.2 Å². The molecule has 2 aromatic carbocycles. The van der Waals surface area contributed by atoms with Crippen molar-refractivity contribution in [2.45, 2.75) is 32.4 Å². The number of carbonyl (C=O) groups is 2. The standard InChI is InChI=1S/C23H21F3N4O2/c1-22(2,3)20-17-18(30(4)29-20)15-9-8-14(11-16(15)19(17)31)28-21(32)27-13-7-5-6-12(10-13)23(24,25)26/h5-11H,1-4H3,(H2,27,28,32). The minimum absolute atomic E-state index is 0.00265. The lowest BCUT2D eigenvalue weighted by atomic mass is 9.88. The molecule has 4 rings (SSSR count). The number of hydrogen-bond acceptors (Lipinski definition) is 3. The molecule has 1 aromatic heterocycles. The molecule has 9 heteroatoms. The number of nitrogens with one attached hydrogen (secondary N) is 2. The summed E-state index contributed by atoms with van der Waals surface area (Å²) in [6, 6.07) is 8.56. The summed E-state index contributed by atoms with van der Waals surface area (Å²) >= 11 is 0. The molecule has 0 atom stereocenters. The molecular formula is C23H21F3N4O2. The van der Waals surface area contributed by atoms with E-state index in [9.17, 15) is 22.8 Å². The van der Waals surface area contributed by atoms with Crippen LogP contribution in [0.25, 0.3) is 11.3 Å². The average Bonchev–Trinajstić information content (AvgIpc) is 3.17. The van der Waals surface area contributed by atoms with Crippen LogP contribution in [0, 0.1) is 0 Å². The Kier molecular flexibility index (Phi) is 4.87. The maximum absolute atomic E-state index is 13.1. The molecule has 0 spiro atoms. The van der Waals surface area contributed by atoms with Gasteiger partial charge < -0.3 is 10.6 Å². The van der Waals surface area contributed by atoms with Gasteiger partial charge in [-0.3, -0.25) is 9.48 Å². The van der Waals surface area contributed by atoms with Crippen molar-refractivity contribution in [1.82, 2.24) is 9.78 Å². The van der Waals surface area contributed by atoms with Crippen LogP contribution < -0.4 is 10.6 Å². The van der Waals surface area contributed by atoms with Gasteiger partial charge in [-0.15, -0.1) is 0 Å². The molecule has 0 fully saturated rings. The van der Waals surface area contributed by atoms with Gasteiger partial charge in [0.15, 0.2) is 5.78 Å². The third-order valence-electron chi connectivity index (χ3n) is 5.21. The molecule has 0 saturated heterocycles. The summed E-state index contributed by atoms with van der Waals surface area (Å²) in [6.07, 6.45) is -4.51. The normalized spacial score (nSPS) is 13.0. The largest absolute Gasteiger partial charge is 0.416 e. The molecule has 1 aliphatic carbocycles. The summed E-state index contributed by atoms with van der Waals surface area (Å²) in [7, 11) is 1.78. The smallest absolute Gasteiger partial charge is 0.308 e. The minimum Gasteiger partial charge on any atom is -0.308 e. The maximum Gasteiger partial charge on any atom is 0.416 e. The fraction of sp³-hybridized carbons (Fsp3) is 0.261. The SMILES string of the molecule is Cn1nc(C(C)(C)C)c2c1-c1ccc(NC(=O)Nc3cccc(C(F)(F)F)c3)cc1C2=O.